The van der Waals surface area contributed by atoms with E-state index >= 15 is 0 Å². The zero-order chi connectivity index (χ0) is 56.3. The summed E-state index contributed by atoms with van der Waals surface area (Å²) in [6.45, 7) is 20.7. The fraction of sp³-hybridized carbons (Fsp3) is 0.281. The van der Waals surface area contributed by atoms with E-state index in [1.165, 1.54) is 36.3 Å². The van der Waals surface area contributed by atoms with Gasteiger partial charge in [0.05, 0.1) is 31.2 Å². The van der Waals surface area contributed by atoms with Crippen molar-refractivity contribution >= 4 is 57.8 Å². The molecular weight excluding hydrogens is 1020 g/mol. The molecule has 0 atom stereocenters. The van der Waals surface area contributed by atoms with Crippen molar-refractivity contribution in [2.45, 2.75) is 47.7 Å². The Morgan fingerprint density at radius 1 is 0.469 bits per heavy atom. The highest BCUT2D eigenvalue weighted by Gasteiger charge is 2.21. The molecule has 2 fully saturated rings. The fourth-order valence-corrected chi connectivity index (χ4v) is 9.72. The van der Waals surface area contributed by atoms with Crippen LogP contribution in [-0.2, 0) is 22.7 Å². The highest BCUT2D eigenvalue weighted by atomic mass is 16.5. The van der Waals surface area contributed by atoms with Crippen LogP contribution in [-0.4, -0.2) is 114 Å². The molecule has 17 heteroatoms. The lowest BCUT2D eigenvalue weighted by atomic mass is 10.1. The molecule has 17 nitrogen and oxygen atoms in total. The molecule has 4 N–H and O–H groups in total. The minimum absolute atomic E-state index is 0.0932. The van der Waals surface area contributed by atoms with E-state index in [1.807, 2.05) is 99.6 Å². The average Bonchev–Trinajstić information content (AvgIpc) is 3.49. The number of carbonyl (C=O) groups is 2. The molecule has 2 aliphatic rings. The Balaban J connectivity index is 0.000000196. The molecule has 0 spiro atoms. The Hall–Kier alpha value is -9.06. The SMILES string of the molecule is CCOc1ccc(CN2CCN(c3ccc(Nc4nccc(-c5ccc(NC(C)=O)cc5)n4)cc3)CC2)c(OCC)c1.CCOc1cccc(CN2CCN(c3ccc(Nc4nccc(-c5ccc(NC(C)=O)cc5)n4)cc3)CC2)c1. The third-order valence-electron chi connectivity index (χ3n) is 13.7. The van der Waals surface area contributed by atoms with Crippen LogP contribution in [0.5, 0.6) is 17.2 Å². The summed E-state index contributed by atoms with van der Waals surface area (Å²) in [6.07, 6.45) is 3.48. The lowest BCUT2D eigenvalue weighted by molar-refractivity contribution is -0.115. The van der Waals surface area contributed by atoms with Gasteiger partial charge in [0.1, 0.15) is 17.2 Å². The quantitative estimate of drug-likeness (QED) is 0.0567. The predicted molar refractivity (Wildman–Crippen MR) is 324 cm³/mol. The van der Waals surface area contributed by atoms with E-state index in [0.717, 1.165) is 128 Å². The molecule has 8 aromatic rings. The predicted octanol–water partition coefficient (Wildman–Crippen LogP) is 11.5. The van der Waals surface area contributed by atoms with Gasteiger partial charge in [0.2, 0.25) is 23.7 Å². The number of nitrogens with one attached hydrogen (secondary N) is 4. The number of amides is 2. The fourth-order valence-electron chi connectivity index (χ4n) is 9.72. The van der Waals surface area contributed by atoms with Crippen LogP contribution in [0, 0.1) is 0 Å². The number of hydrogen-bond donors (Lipinski definition) is 4. The largest absolute Gasteiger partial charge is 0.494 e. The Kier molecular flexibility index (Phi) is 19.7. The summed E-state index contributed by atoms with van der Waals surface area (Å²) >= 11 is 0. The molecule has 2 saturated heterocycles. The van der Waals surface area contributed by atoms with Crippen LogP contribution in [0.1, 0.15) is 45.7 Å². The molecule has 0 saturated carbocycles. The first-order chi connectivity index (χ1) is 39.6. The lowest BCUT2D eigenvalue weighted by Gasteiger charge is -2.36. The van der Waals surface area contributed by atoms with Crippen molar-refractivity contribution in [1.29, 1.82) is 0 Å². The Morgan fingerprint density at radius 3 is 1.37 bits per heavy atom. The second kappa shape index (κ2) is 28.2. The summed E-state index contributed by atoms with van der Waals surface area (Å²) in [5.41, 5.74) is 11.8. The summed E-state index contributed by atoms with van der Waals surface area (Å²) in [6, 6.07) is 50.3. The number of nitrogens with zero attached hydrogens (tertiary/aromatic N) is 8. The number of anilines is 8. The maximum Gasteiger partial charge on any atom is 0.227 e. The third kappa shape index (κ3) is 16.5. The van der Waals surface area contributed by atoms with Gasteiger partial charge < -0.3 is 45.3 Å². The topological polar surface area (TPSA) is 174 Å². The van der Waals surface area contributed by atoms with Gasteiger partial charge in [0.25, 0.3) is 0 Å². The molecule has 2 amide bonds. The van der Waals surface area contributed by atoms with Crippen molar-refractivity contribution in [3.63, 3.8) is 0 Å². The van der Waals surface area contributed by atoms with E-state index in [-0.39, 0.29) is 11.8 Å². The smallest absolute Gasteiger partial charge is 0.227 e. The molecule has 2 aliphatic heterocycles. The zero-order valence-corrected chi connectivity index (χ0v) is 46.9. The summed E-state index contributed by atoms with van der Waals surface area (Å²) in [5, 5.41) is 12.2. The maximum atomic E-state index is 11.3. The van der Waals surface area contributed by atoms with Gasteiger partial charge in [0, 0.05) is 149 Å². The molecule has 0 radical (unpaired) electrons. The third-order valence-corrected chi connectivity index (χ3v) is 13.7. The number of piperazine rings is 2. The molecule has 2 aromatic heterocycles. The van der Waals surface area contributed by atoms with Crippen molar-refractivity contribution in [1.82, 2.24) is 29.7 Å². The number of hydrogen-bond acceptors (Lipinski definition) is 15. The van der Waals surface area contributed by atoms with Gasteiger partial charge in [0.15, 0.2) is 0 Å². The molecule has 0 aliphatic carbocycles. The number of ether oxygens (including phenoxy) is 3. The Labute approximate surface area is 475 Å². The van der Waals surface area contributed by atoms with E-state index in [2.05, 4.69) is 134 Å². The summed E-state index contributed by atoms with van der Waals surface area (Å²) in [4.78, 5) is 50.5. The standard InChI is InChI=1S/C33H38N6O3.C31H34N6O2/c1-4-41-30-15-8-26(32(22-30)42-5-2)23-38-18-20-39(21-19-38)29-13-11-28(12-14-29)36-33-34-17-16-31(37-33)25-6-9-27(10-7-25)35-24(3)40;1-3-39-29-6-4-5-24(21-29)22-36-17-19-37(20-18-36)28-13-11-27(12-14-28)34-31-32-16-15-30(35-31)25-7-9-26(10-8-25)33-23(2)38/h6-17,22H,4-5,18-21,23H2,1-3H3,(H,35,40)(H,34,36,37);4-16,21H,3,17-20,22H2,1-2H3,(H,33,38)(H,32,34,35). The van der Waals surface area contributed by atoms with Gasteiger partial charge in [-0.3, -0.25) is 19.4 Å². The van der Waals surface area contributed by atoms with Gasteiger partial charge in [-0.15, -0.1) is 0 Å². The van der Waals surface area contributed by atoms with E-state index in [9.17, 15) is 9.59 Å². The maximum absolute atomic E-state index is 11.3. The normalized spacial score (nSPS) is 13.5. The molecule has 81 heavy (non-hydrogen) atoms. The van der Waals surface area contributed by atoms with Crippen LogP contribution >= 0.6 is 0 Å². The first-order valence-electron chi connectivity index (χ1n) is 27.8. The van der Waals surface area contributed by atoms with Crippen LogP contribution < -0.4 is 45.3 Å². The zero-order valence-electron chi connectivity index (χ0n) is 46.9. The minimum Gasteiger partial charge on any atom is -0.494 e. The second-order valence-electron chi connectivity index (χ2n) is 19.6. The van der Waals surface area contributed by atoms with Crippen molar-refractivity contribution < 1.29 is 23.8 Å². The van der Waals surface area contributed by atoms with Crippen molar-refractivity contribution in [3.05, 3.63) is 175 Å². The van der Waals surface area contributed by atoms with Crippen LogP contribution in [0.15, 0.2) is 164 Å². The van der Waals surface area contributed by atoms with Gasteiger partial charge >= 0.3 is 0 Å². The summed E-state index contributed by atoms with van der Waals surface area (Å²) < 4.78 is 17.2. The van der Waals surface area contributed by atoms with Gasteiger partial charge in [-0.25, -0.2) is 19.9 Å². The molecule has 418 valence electrons. The number of carbonyl (C=O) groups excluding carboxylic acids is 2. The van der Waals surface area contributed by atoms with E-state index in [0.29, 0.717) is 31.7 Å². The Bertz CT molecular complexity index is 3290. The number of benzene rings is 6. The summed E-state index contributed by atoms with van der Waals surface area (Å²) in [7, 11) is 0. The molecular formula is C64H72N12O5. The first-order valence-corrected chi connectivity index (χ1v) is 27.8. The van der Waals surface area contributed by atoms with E-state index < -0.39 is 0 Å². The highest BCUT2D eigenvalue weighted by molar-refractivity contribution is 5.89. The molecule has 0 unspecified atom stereocenters. The van der Waals surface area contributed by atoms with Gasteiger partial charge in [-0.05, 0) is 129 Å². The van der Waals surface area contributed by atoms with Crippen molar-refractivity contribution in [3.8, 4) is 39.8 Å². The van der Waals surface area contributed by atoms with Gasteiger partial charge in [-0.1, -0.05) is 42.5 Å². The van der Waals surface area contributed by atoms with Crippen LogP contribution in [0.2, 0.25) is 0 Å². The van der Waals surface area contributed by atoms with Gasteiger partial charge in [-0.2, -0.15) is 0 Å². The number of rotatable bonds is 20. The average molecular weight is 1090 g/mol. The van der Waals surface area contributed by atoms with Crippen LogP contribution in [0.3, 0.4) is 0 Å². The van der Waals surface area contributed by atoms with Crippen LogP contribution in [0.25, 0.3) is 22.5 Å². The summed E-state index contributed by atoms with van der Waals surface area (Å²) in [5.74, 6) is 3.57. The first kappa shape index (κ1) is 56.7. The van der Waals surface area contributed by atoms with Crippen molar-refractivity contribution in [2.24, 2.45) is 0 Å². The molecule has 6 aromatic carbocycles. The minimum atomic E-state index is -0.0963. The Morgan fingerprint density at radius 2 is 0.914 bits per heavy atom. The van der Waals surface area contributed by atoms with E-state index in [1.54, 1.807) is 12.4 Å². The monoisotopic (exact) mass is 1090 g/mol. The second-order valence-corrected chi connectivity index (χ2v) is 19.6. The molecule has 10 rings (SSSR count). The van der Waals surface area contributed by atoms with Crippen molar-refractivity contribution in [2.75, 3.05) is 103 Å². The van der Waals surface area contributed by atoms with Crippen LogP contribution in [0.4, 0.5) is 46.0 Å². The molecule has 4 heterocycles. The molecule has 0 bridgehead atoms. The van der Waals surface area contributed by atoms with E-state index in [4.69, 9.17) is 14.2 Å². The lowest BCUT2D eigenvalue weighted by Crippen LogP contribution is -2.46. The number of aromatic nitrogens is 4. The highest BCUT2D eigenvalue weighted by Crippen LogP contribution is 2.30.